The molecular weight excluding hydrogens is 533 g/mol. The summed E-state index contributed by atoms with van der Waals surface area (Å²) in [5.41, 5.74) is 0.0205. The van der Waals surface area contributed by atoms with Crippen LogP contribution in [-0.4, -0.2) is 23.7 Å². The van der Waals surface area contributed by atoms with Gasteiger partial charge in [0.2, 0.25) is 0 Å². The molecule has 2 aromatic carbocycles. The van der Waals surface area contributed by atoms with E-state index in [0.717, 1.165) is 43.4 Å². The predicted molar refractivity (Wildman–Crippen MR) is 145 cm³/mol. The van der Waals surface area contributed by atoms with Gasteiger partial charge in [-0.25, -0.2) is 4.79 Å². The molecule has 0 spiro atoms. The van der Waals surface area contributed by atoms with Crippen LogP contribution in [0.25, 0.3) is 0 Å². The van der Waals surface area contributed by atoms with Gasteiger partial charge in [-0.2, -0.15) is 13.2 Å². The quantitative estimate of drug-likeness (QED) is 0.265. The topological polar surface area (TPSA) is 87.7 Å². The second kappa shape index (κ2) is 12.9. The second-order valence-electron chi connectivity index (χ2n) is 11.2. The van der Waals surface area contributed by atoms with Crippen molar-refractivity contribution < 1.29 is 32.6 Å². The zero-order valence-corrected chi connectivity index (χ0v) is 23.2. The Hall–Kier alpha value is -2.94. The fourth-order valence-electron chi connectivity index (χ4n) is 5.11. The van der Waals surface area contributed by atoms with E-state index in [1.54, 1.807) is 12.1 Å². The lowest BCUT2D eigenvalue weighted by molar-refractivity contribution is -0.138. The van der Waals surface area contributed by atoms with Gasteiger partial charge < -0.3 is 20.5 Å². The maximum Gasteiger partial charge on any atom is 0.417 e. The third kappa shape index (κ3) is 9.05. The maximum atomic E-state index is 13.3. The van der Waals surface area contributed by atoms with Crippen LogP contribution in [0.5, 0.6) is 5.75 Å². The van der Waals surface area contributed by atoms with Crippen LogP contribution in [0.4, 0.5) is 23.7 Å². The Balaban J connectivity index is 1.75. The molecule has 1 saturated carbocycles. The first-order chi connectivity index (χ1) is 18.2. The number of aliphatic carboxylic acids is 1. The van der Waals surface area contributed by atoms with E-state index in [0.29, 0.717) is 18.1 Å². The molecule has 0 radical (unpaired) electrons. The van der Waals surface area contributed by atoms with Gasteiger partial charge in [-0.05, 0) is 85.3 Å². The van der Waals surface area contributed by atoms with Crippen molar-refractivity contribution in [1.29, 1.82) is 0 Å². The van der Waals surface area contributed by atoms with Crippen LogP contribution in [0.15, 0.2) is 42.5 Å². The minimum absolute atomic E-state index is 0.00970. The molecular formula is C29H36ClF3N2O4. The van der Waals surface area contributed by atoms with Gasteiger partial charge in [0.15, 0.2) is 0 Å². The Morgan fingerprint density at radius 2 is 1.69 bits per heavy atom. The smallest absolute Gasteiger partial charge is 0.417 e. The molecule has 0 saturated heterocycles. The summed E-state index contributed by atoms with van der Waals surface area (Å²) < 4.78 is 45.4. The number of hydrogen-bond donors (Lipinski definition) is 3. The molecule has 0 bridgehead atoms. The monoisotopic (exact) mass is 568 g/mol. The molecule has 1 aliphatic carbocycles. The van der Waals surface area contributed by atoms with Gasteiger partial charge in [0.25, 0.3) is 0 Å². The number of rotatable bonds is 9. The summed E-state index contributed by atoms with van der Waals surface area (Å²) >= 11 is 5.71. The first kappa shape index (κ1) is 30.6. The minimum Gasteiger partial charge on any atom is -0.494 e. The fraction of sp³-hybridized carbons (Fsp3) is 0.517. The lowest BCUT2D eigenvalue weighted by Gasteiger charge is -2.39. The van der Waals surface area contributed by atoms with Crippen molar-refractivity contribution in [3.05, 3.63) is 58.6 Å². The van der Waals surface area contributed by atoms with Gasteiger partial charge in [0.05, 0.1) is 23.2 Å². The first-order valence-electron chi connectivity index (χ1n) is 13.1. The maximum absolute atomic E-state index is 13.3. The summed E-state index contributed by atoms with van der Waals surface area (Å²) in [5, 5.41) is 13.8. The number of nitrogens with one attached hydrogen (secondary N) is 2. The van der Waals surface area contributed by atoms with E-state index in [-0.39, 0.29) is 36.1 Å². The number of anilines is 1. The van der Waals surface area contributed by atoms with E-state index in [2.05, 4.69) is 31.4 Å². The average Bonchev–Trinajstić information content (AvgIpc) is 2.85. The summed E-state index contributed by atoms with van der Waals surface area (Å²) in [4.78, 5) is 23.7. The van der Waals surface area contributed by atoms with Gasteiger partial charge >= 0.3 is 18.2 Å². The van der Waals surface area contributed by atoms with Crippen molar-refractivity contribution in [2.24, 2.45) is 17.3 Å². The SMILES string of the molecule is CC(C)(C)C1CCC(C(NC(=O)Nc2ccc(Cl)c(C(F)(F)F)c2)c2ccc(OCCCC(=O)O)cc2)CC1. The zero-order chi connectivity index (χ0) is 28.8. The molecule has 39 heavy (non-hydrogen) atoms. The van der Waals surface area contributed by atoms with Crippen LogP contribution in [-0.2, 0) is 11.0 Å². The first-order valence-corrected chi connectivity index (χ1v) is 13.5. The number of halogens is 4. The molecule has 3 rings (SSSR count). The summed E-state index contributed by atoms with van der Waals surface area (Å²) in [7, 11) is 0. The fourth-order valence-corrected chi connectivity index (χ4v) is 5.33. The average molecular weight is 569 g/mol. The summed E-state index contributed by atoms with van der Waals surface area (Å²) in [6.45, 7) is 6.97. The summed E-state index contributed by atoms with van der Waals surface area (Å²) in [6.07, 6.45) is -0.390. The van der Waals surface area contributed by atoms with E-state index >= 15 is 0 Å². The Labute approximate surface area is 232 Å². The number of hydrogen-bond acceptors (Lipinski definition) is 3. The predicted octanol–water partition coefficient (Wildman–Crippen LogP) is 8.32. The van der Waals surface area contributed by atoms with Crippen LogP contribution < -0.4 is 15.4 Å². The Morgan fingerprint density at radius 3 is 2.26 bits per heavy atom. The highest BCUT2D eigenvalue weighted by Crippen LogP contribution is 2.44. The van der Waals surface area contributed by atoms with Crippen molar-refractivity contribution in [2.75, 3.05) is 11.9 Å². The van der Waals surface area contributed by atoms with Crippen molar-refractivity contribution in [2.45, 2.75) is 71.5 Å². The number of alkyl halides is 3. The molecule has 214 valence electrons. The number of ether oxygens (including phenoxy) is 1. The number of amides is 2. The zero-order valence-electron chi connectivity index (χ0n) is 22.4. The molecule has 2 aromatic rings. The van der Waals surface area contributed by atoms with E-state index in [1.807, 2.05) is 12.1 Å². The van der Waals surface area contributed by atoms with E-state index < -0.39 is 28.8 Å². The molecule has 10 heteroatoms. The van der Waals surface area contributed by atoms with E-state index in [9.17, 15) is 22.8 Å². The van der Waals surface area contributed by atoms with E-state index in [1.165, 1.54) is 6.07 Å². The molecule has 0 aliphatic heterocycles. The van der Waals surface area contributed by atoms with E-state index in [4.69, 9.17) is 21.4 Å². The van der Waals surface area contributed by atoms with Gasteiger partial charge in [-0.15, -0.1) is 0 Å². The van der Waals surface area contributed by atoms with Crippen LogP contribution in [0.3, 0.4) is 0 Å². The summed E-state index contributed by atoms with van der Waals surface area (Å²) in [6, 6.07) is 9.56. The van der Waals surface area contributed by atoms with Crippen molar-refractivity contribution in [1.82, 2.24) is 5.32 Å². The standard InChI is InChI=1S/C29H36ClF3N2O4/c1-28(2,3)20-10-6-18(7-11-20)26(19-8-13-22(14-9-19)39-16-4-5-25(36)37)35-27(38)34-21-12-15-24(30)23(17-21)29(31,32)33/h8-9,12-15,17-18,20,26H,4-7,10-11,16H2,1-3H3,(H,36,37)(H2,34,35,38). The van der Waals surface area contributed by atoms with Crippen molar-refractivity contribution in [3.63, 3.8) is 0 Å². The highest BCUT2D eigenvalue weighted by atomic mass is 35.5. The molecule has 2 amide bonds. The number of benzene rings is 2. The summed E-state index contributed by atoms with van der Waals surface area (Å²) in [5.74, 6) is 0.424. The molecule has 3 N–H and O–H groups in total. The molecule has 1 fully saturated rings. The van der Waals surface area contributed by atoms with Gasteiger partial charge in [-0.3, -0.25) is 4.79 Å². The number of carbonyl (C=O) groups is 2. The lowest BCUT2D eigenvalue weighted by Crippen LogP contribution is -2.38. The third-order valence-corrected chi connectivity index (χ3v) is 7.66. The van der Waals surface area contributed by atoms with Crippen molar-refractivity contribution in [3.8, 4) is 5.75 Å². The van der Waals surface area contributed by atoms with Crippen LogP contribution in [0.1, 0.15) is 76.5 Å². The number of carboxylic acids is 1. The van der Waals surface area contributed by atoms with Gasteiger partial charge in [0.1, 0.15) is 5.75 Å². The number of urea groups is 1. The minimum atomic E-state index is -4.64. The molecule has 0 heterocycles. The normalized spacial score (nSPS) is 18.7. The van der Waals surface area contributed by atoms with Gasteiger partial charge in [-0.1, -0.05) is 44.5 Å². The Morgan fingerprint density at radius 1 is 1.05 bits per heavy atom. The Kier molecular flexibility index (Phi) is 10.2. The molecule has 1 aliphatic rings. The van der Waals surface area contributed by atoms with Crippen LogP contribution in [0, 0.1) is 17.3 Å². The highest BCUT2D eigenvalue weighted by molar-refractivity contribution is 6.31. The second-order valence-corrected chi connectivity index (χ2v) is 11.6. The van der Waals surface area contributed by atoms with Crippen molar-refractivity contribution >= 4 is 29.3 Å². The third-order valence-electron chi connectivity index (χ3n) is 7.33. The Bertz CT molecular complexity index is 1120. The highest BCUT2D eigenvalue weighted by Gasteiger charge is 2.35. The molecule has 0 aromatic heterocycles. The largest absolute Gasteiger partial charge is 0.494 e. The molecule has 1 atom stereocenters. The lowest BCUT2D eigenvalue weighted by atomic mass is 9.68. The van der Waals surface area contributed by atoms with Gasteiger partial charge in [0, 0.05) is 12.1 Å². The number of carboxylic acid groups (broad SMARTS) is 1. The molecule has 6 nitrogen and oxygen atoms in total. The molecule has 1 unspecified atom stereocenters. The van der Waals surface area contributed by atoms with Crippen LogP contribution >= 0.6 is 11.6 Å². The van der Waals surface area contributed by atoms with Crippen LogP contribution in [0.2, 0.25) is 5.02 Å². The number of carbonyl (C=O) groups excluding carboxylic acids is 1.